The van der Waals surface area contributed by atoms with Crippen LogP contribution in [0.3, 0.4) is 0 Å². The van der Waals surface area contributed by atoms with Crippen molar-refractivity contribution in [3.05, 3.63) is 39.8 Å². The molecule has 0 radical (unpaired) electrons. The van der Waals surface area contributed by atoms with E-state index in [1.54, 1.807) is 4.57 Å². The molecule has 0 aliphatic carbocycles. The van der Waals surface area contributed by atoms with E-state index in [4.69, 9.17) is 0 Å². The van der Waals surface area contributed by atoms with Crippen LogP contribution in [0, 0.1) is 6.92 Å². The van der Waals surface area contributed by atoms with Crippen molar-refractivity contribution in [2.24, 2.45) is 0 Å². The Hall–Kier alpha value is -2.48. The number of anilines is 1. The van der Waals surface area contributed by atoms with Crippen molar-refractivity contribution < 1.29 is 4.79 Å². The lowest BCUT2D eigenvalue weighted by atomic mass is 10.3. The molecule has 3 rings (SSSR count). The summed E-state index contributed by atoms with van der Waals surface area (Å²) >= 11 is 1.30. The number of rotatable bonds is 4. The largest absolute Gasteiger partial charge is 0.329 e. The molecular weight excluding hydrogens is 302 g/mol. The molecule has 114 valence electrons. The third-order valence-electron chi connectivity index (χ3n) is 3.32. The van der Waals surface area contributed by atoms with Crippen molar-refractivity contribution in [1.82, 2.24) is 19.3 Å². The molecule has 0 fully saturated rings. The van der Waals surface area contributed by atoms with Crippen LogP contribution in [0.2, 0.25) is 0 Å². The van der Waals surface area contributed by atoms with E-state index in [0.717, 1.165) is 16.0 Å². The maximum Gasteiger partial charge on any atom is 0.329 e. The molecule has 2 aromatic heterocycles. The van der Waals surface area contributed by atoms with Crippen LogP contribution in [-0.4, -0.2) is 25.2 Å². The summed E-state index contributed by atoms with van der Waals surface area (Å²) in [6, 6.07) is 7.45. The molecule has 1 amide bonds. The topological polar surface area (TPSA) is 81.8 Å². The second-order valence-corrected chi connectivity index (χ2v) is 5.96. The van der Waals surface area contributed by atoms with Gasteiger partial charge in [-0.15, -0.1) is 10.2 Å². The Kier molecular flexibility index (Phi) is 3.76. The van der Waals surface area contributed by atoms with Crippen molar-refractivity contribution in [3.8, 4) is 0 Å². The summed E-state index contributed by atoms with van der Waals surface area (Å²) in [6.07, 6.45) is 0. The lowest BCUT2D eigenvalue weighted by Crippen LogP contribution is -2.29. The normalized spacial score (nSPS) is 11.0. The summed E-state index contributed by atoms with van der Waals surface area (Å²) in [6.45, 7) is 4.23. The highest BCUT2D eigenvalue weighted by Gasteiger charge is 2.15. The molecule has 0 atom stereocenters. The van der Waals surface area contributed by atoms with Crippen LogP contribution in [0.5, 0.6) is 0 Å². The van der Waals surface area contributed by atoms with Gasteiger partial charge in [-0.2, -0.15) is 0 Å². The fourth-order valence-corrected chi connectivity index (χ4v) is 2.99. The minimum atomic E-state index is -0.294. The Bertz CT molecular complexity index is 892. The third-order valence-corrected chi connectivity index (χ3v) is 4.07. The van der Waals surface area contributed by atoms with Crippen molar-refractivity contribution >= 4 is 33.4 Å². The summed E-state index contributed by atoms with van der Waals surface area (Å²) in [5.74, 6) is -0.294. The molecule has 22 heavy (non-hydrogen) atoms. The van der Waals surface area contributed by atoms with Crippen molar-refractivity contribution in [3.63, 3.8) is 0 Å². The maximum absolute atomic E-state index is 12.4. The van der Waals surface area contributed by atoms with Gasteiger partial charge in [0.25, 0.3) is 0 Å². The van der Waals surface area contributed by atoms with Gasteiger partial charge in [-0.25, -0.2) is 4.79 Å². The zero-order valence-corrected chi connectivity index (χ0v) is 13.1. The first-order valence-corrected chi connectivity index (χ1v) is 7.70. The molecule has 3 aromatic rings. The van der Waals surface area contributed by atoms with E-state index in [0.29, 0.717) is 11.7 Å². The van der Waals surface area contributed by atoms with Crippen LogP contribution in [-0.2, 0) is 17.9 Å². The quantitative estimate of drug-likeness (QED) is 0.793. The molecule has 0 spiro atoms. The molecule has 8 heteroatoms. The smallest absolute Gasteiger partial charge is 0.299 e. The summed E-state index contributed by atoms with van der Waals surface area (Å²) < 4.78 is 3.12. The third kappa shape index (κ3) is 2.52. The lowest BCUT2D eigenvalue weighted by molar-refractivity contribution is -0.116. The number of amides is 1. The Balaban J connectivity index is 1.92. The van der Waals surface area contributed by atoms with E-state index >= 15 is 0 Å². The second kappa shape index (κ2) is 5.72. The average molecular weight is 317 g/mol. The highest BCUT2D eigenvalue weighted by molar-refractivity contribution is 7.15. The van der Waals surface area contributed by atoms with Crippen LogP contribution in [0.1, 0.15) is 11.9 Å². The van der Waals surface area contributed by atoms with Gasteiger partial charge < -0.3 is 0 Å². The van der Waals surface area contributed by atoms with Gasteiger partial charge in [0.15, 0.2) is 0 Å². The Morgan fingerprint density at radius 2 is 1.91 bits per heavy atom. The van der Waals surface area contributed by atoms with E-state index in [1.165, 1.54) is 15.9 Å². The molecule has 1 aromatic carbocycles. The fraction of sp³-hybridized carbons (Fsp3) is 0.286. The minimum absolute atomic E-state index is 0.0506. The molecule has 0 unspecified atom stereocenters. The van der Waals surface area contributed by atoms with Crippen LogP contribution in [0.25, 0.3) is 11.0 Å². The van der Waals surface area contributed by atoms with Crippen molar-refractivity contribution in [1.29, 1.82) is 0 Å². The number of nitrogens with zero attached hydrogens (tertiary/aromatic N) is 4. The zero-order valence-electron chi connectivity index (χ0n) is 12.2. The van der Waals surface area contributed by atoms with Crippen molar-refractivity contribution in [2.75, 3.05) is 5.32 Å². The molecule has 0 aliphatic heterocycles. The number of benzene rings is 1. The van der Waals surface area contributed by atoms with Crippen LogP contribution in [0.15, 0.2) is 29.1 Å². The molecular formula is C14H15N5O2S. The number of hydrogen-bond acceptors (Lipinski definition) is 5. The number of carbonyl (C=O) groups excluding carboxylic acids is 1. The lowest BCUT2D eigenvalue weighted by Gasteiger charge is -2.02. The first kappa shape index (κ1) is 14.5. The van der Waals surface area contributed by atoms with Gasteiger partial charge in [-0.05, 0) is 26.0 Å². The molecule has 2 heterocycles. The summed E-state index contributed by atoms with van der Waals surface area (Å²) in [5.41, 5.74) is 1.39. The monoisotopic (exact) mass is 317 g/mol. The van der Waals surface area contributed by atoms with Crippen LogP contribution in [0.4, 0.5) is 5.13 Å². The number of fused-ring (bicyclic) bond motifs is 1. The van der Waals surface area contributed by atoms with Gasteiger partial charge in [0.1, 0.15) is 11.6 Å². The number of para-hydroxylation sites is 2. The SMILES string of the molecule is CCn1c(=O)n(CC(=O)Nc2nnc(C)s2)c2ccccc21. The predicted octanol–water partition coefficient (Wildman–Crippen LogP) is 1.62. The number of nitrogens with one attached hydrogen (secondary N) is 1. The summed E-state index contributed by atoms with van der Waals surface area (Å²) in [4.78, 5) is 24.6. The molecule has 1 N–H and O–H groups in total. The minimum Gasteiger partial charge on any atom is -0.299 e. The van der Waals surface area contributed by atoms with Gasteiger partial charge in [0.2, 0.25) is 11.0 Å². The van der Waals surface area contributed by atoms with Gasteiger partial charge in [0.05, 0.1) is 11.0 Å². The van der Waals surface area contributed by atoms with Gasteiger partial charge >= 0.3 is 5.69 Å². The first-order chi connectivity index (χ1) is 10.6. The van der Waals surface area contributed by atoms with Crippen molar-refractivity contribution in [2.45, 2.75) is 26.9 Å². The number of aryl methyl sites for hydroxylation is 2. The molecule has 0 saturated heterocycles. The van der Waals surface area contributed by atoms with Gasteiger partial charge in [-0.3, -0.25) is 19.2 Å². The van der Waals surface area contributed by atoms with Gasteiger partial charge in [0, 0.05) is 6.54 Å². The average Bonchev–Trinajstić information content (AvgIpc) is 3.01. The molecule has 0 saturated carbocycles. The highest BCUT2D eigenvalue weighted by atomic mass is 32.1. The maximum atomic E-state index is 12.4. The summed E-state index contributed by atoms with van der Waals surface area (Å²) in [7, 11) is 0. The van der Waals surface area contributed by atoms with E-state index in [1.807, 2.05) is 38.1 Å². The summed E-state index contributed by atoms with van der Waals surface area (Å²) in [5, 5.41) is 11.6. The second-order valence-electron chi connectivity index (χ2n) is 4.78. The molecule has 0 aliphatic rings. The zero-order chi connectivity index (χ0) is 15.7. The fourth-order valence-electron chi connectivity index (χ4n) is 2.38. The number of imidazole rings is 1. The van der Waals surface area contributed by atoms with Crippen LogP contribution >= 0.6 is 11.3 Å². The molecule has 7 nitrogen and oxygen atoms in total. The first-order valence-electron chi connectivity index (χ1n) is 6.88. The number of aromatic nitrogens is 4. The molecule has 0 bridgehead atoms. The Morgan fingerprint density at radius 3 is 2.50 bits per heavy atom. The Morgan fingerprint density at radius 1 is 1.23 bits per heavy atom. The van der Waals surface area contributed by atoms with Crippen LogP contribution < -0.4 is 11.0 Å². The Labute approximate surface area is 130 Å². The predicted molar refractivity (Wildman–Crippen MR) is 85.1 cm³/mol. The number of carbonyl (C=O) groups is 1. The standard InChI is InChI=1S/C14H15N5O2S/c1-3-18-10-6-4-5-7-11(10)19(14(18)21)8-12(20)15-13-17-16-9(2)22-13/h4-7H,3,8H2,1-2H3,(H,15,17,20). The van der Waals surface area contributed by atoms with E-state index < -0.39 is 0 Å². The van der Waals surface area contributed by atoms with Gasteiger partial charge in [-0.1, -0.05) is 23.5 Å². The van der Waals surface area contributed by atoms with E-state index in [-0.39, 0.29) is 18.1 Å². The highest BCUT2D eigenvalue weighted by Crippen LogP contribution is 2.15. The van der Waals surface area contributed by atoms with E-state index in [9.17, 15) is 9.59 Å². The number of hydrogen-bond donors (Lipinski definition) is 1. The van der Waals surface area contributed by atoms with E-state index in [2.05, 4.69) is 15.5 Å².